The van der Waals surface area contributed by atoms with Crippen molar-refractivity contribution in [1.82, 2.24) is 4.72 Å². The van der Waals surface area contributed by atoms with Crippen molar-refractivity contribution in [2.24, 2.45) is 5.92 Å². The van der Waals surface area contributed by atoms with Crippen molar-refractivity contribution in [2.45, 2.75) is 44.3 Å². The Morgan fingerprint density at radius 3 is 2.53 bits per heavy atom. The third-order valence-corrected chi connectivity index (χ3v) is 4.89. The molecule has 0 radical (unpaired) electrons. The van der Waals surface area contributed by atoms with E-state index in [4.69, 9.17) is 11.6 Å². The maximum Gasteiger partial charge on any atom is 0.214 e. The number of halogens is 1. The predicted octanol–water partition coefficient (Wildman–Crippen LogP) is 2.11. The Morgan fingerprint density at radius 1 is 1.40 bits per heavy atom. The molecule has 3 nitrogen and oxygen atoms in total. The zero-order chi connectivity index (χ0) is 11.3. The van der Waals surface area contributed by atoms with Crippen molar-refractivity contribution in [3.8, 4) is 0 Å². The molecule has 0 spiro atoms. The van der Waals surface area contributed by atoms with Gasteiger partial charge < -0.3 is 0 Å². The molecule has 0 aromatic carbocycles. The van der Waals surface area contributed by atoms with Crippen LogP contribution < -0.4 is 4.72 Å². The van der Waals surface area contributed by atoms with E-state index in [0.717, 1.165) is 32.1 Å². The van der Waals surface area contributed by atoms with Crippen molar-refractivity contribution < 1.29 is 8.42 Å². The molecule has 0 bridgehead atoms. The van der Waals surface area contributed by atoms with Crippen LogP contribution in [0.1, 0.15) is 39.0 Å². The molecule has 0 heterocycles. The maximum atomic E-state index is 11.6. The summed E-state index contributed by atoms with van der Waals surface area (Å²) in [6, 6.07) is 0. The molecule has 1 saturated carbocycles. The van der Waals surface area contributed by atoms with E-state index in [0.29, 0.717) is 18.3 Å². The van der Waals surface area contributed by atoms with Crippen molar-refractivity contribution in [3.63, 3.8) is 0 Å². The molecule has 90 valence electrons. The van der Waals surface area contributed by atoms with Crippen LogP contribution >= 0.6 is 11.6 Å². The fourth-order valence-electron chi connectivity index (χ4n) is 1.64. The quantitative estimate of drug-likeness (QED) is 0.674. The van der Waals surface area contributed by atoms with Crippen LogP contribution in [0.5, 0.6) is 0 Å². The molecule has 0 aromatic heterocycles. The first-order chi connectivity index (χ1) is 7.10. The standard InChI is InChI=1S/C10H20ClNO2S/c1-2-3-9(6-7-11)8-12-15(13,14)10-4-5-10/h9-10,12H,2-8H2,1H3. The number of hydrogen-bond acceptors (Lipinski definition) is 2. The summed E-state index contributed by atoms with van der Waals surface area (Å²) in [5.41, 5.74) is 0. The average Bonchev–Trinajstić information content (AvgIpc) is 2.98. The second-order valence-electron chi connectivity index (χ2n) is 4.23. The number of nitrogens with one attached hydrogen (secondary N) is 1. The normalized spacial score (nSPS) is 19.1. The molecule has 0 amide bonds. The summed E-state index contributed by atoms with van der Waals surface area (Å²) in [5.74, 6) is 0.997. The molecular formula is C10H20ClNO2S. The van der Waals surface area contributed by atoms with E-state index >= 15 is 0 Å². The van der Waals surface area contributed by atoms with Gasteiger partial charge in [0.05, 0.1) is 5.25 Å². The van der Waals surface area contributed by atoms with E-state index < -0.39 is 10.0 Å². The first kappa shape index (κ1) is 13.3. The van der Waals surface area contributed by atoms with Gasteiger partial charge in [-0.15, -0.1) is 11.6 Å². The van der Waals surface area contributed by atoms with Crippen LogP contribution in [0.25, 0.3) is 0 Å². The maximum absolute atomic E-state index is 11.6. The lowest BCUT2D eigenvalue weighted by Crippen LogP contribution is -2.32. The van der Waals surface area contributed by atoms with E-state index in [1.165, 1.54) is 0 Å². The monoisotopic (exact) mass is 253 g/mol. The molecule has 0 saturated heterocycles. The van der Waals surface area contributed by atoms with Crippen LogP contribution in [0.3, 0.4) is 0 Å². The molecule has 1 aliphatic carbocycles. The van der Waals surface area contributed by atoms with Gasteiger partial charge in [-0.05, 0) is 31.6 Å². The van der Waals surface area contributed by atoms with Crippen LogP contribution in [-0.2, 0) is 10.0 Å². The highest BCUT2D eigenvalue weighted by molar-refractivity contribution is 7.90. The van der Waals surface area contributed by atoms with Crippen LogP contribution in [-0.4, -0.2) is 26.1 Å². The van der Waals surface area contributed by atoms with Gasteiger partial charge in [0.25, 0.3) is 0 Å². The van der Waals surface area contributed by atoms with Gasteiger partial charge in [0.2, 0.25) is 10.0 Å². The van der Waals surface area contributed by atoms with E-state index in [1.54, 1.807) is 0 Å². The predicted molar refractivity (Wildman–Crippen MR) is 63.7 cm³/mol. The number of alkyl halides is 1. The van der Waals surface area contributed by atoms with Gasteiger partial charge in [-0.25, -0.2) is 13.1 Å². The topological polar surface area (TPSA) is 46.2 Å². The summed E-state index contributed by atoms with van der Waals surface area (Å²) < 4.78 is 25.8. The molecule has 1 atom stereocenters. The fraction of sp³-hybridized carbons (Fsp3) is 1.00. The van der Waals surface area contributed by atoms with Crippen molar-refractivity contribution >= 4 is 21.6 Å². The van der Waals surface area contributed by atoms with E-state index in [1.807, 2.05) is 0 Å². The van der Waals surface area contributed by atoms with Crippen molar-refractivity contribution in [3.05, 3.63) is 0 Å². The summed E-state index contributed by atoms with van der Waals surface area (Å²) in [4.78, 5) is 0. The van der Waals surface area contributed by atoms with Crippen LogP contribution in [0.4, 0.5) is 0 Å². The smallest absolute Gasteiger partial charge is 0.214 e. The lowest BCUT2D eigenvalue weighted by atomic mass is 10.0. The van der Waals surface area contributed by atoms with Gasteiger partial charge in [-0.2, -0.15) is 0 Å². The molecule has 5 heteroatoms. The molecule has 1 aliphatic rings. The lowest BCUT2D eigenvalue weighted by molar-refractivity contribution is 0.457. The molecule has 1 unspecified atom stereocenters. The Labute approximate surface area is 97.6 Å². The second kappa shape index (κ2) is 6.06. The summed E-state index contributed by atoms with van der Waals surface area (Å²) >= 11 is 5.68. The Hall–Kier alpha value is 0.200. The van der Waals surface area contributed by atoms with Gasteiger partial charge in [-0.3, -0.25) is 0 Å². The molecule has 15 heavy (non-hydrogen) atoms. The molecular weight excluding hydrogens is 234 g/mol. The minimum atomic E-state index is -3.01. The van der Waals surface area contributed by atoms with Crippen molar-refractivity contribution in [1.29, 1.82) is 0 Å². The highest BCUT2D eigenvalue weighted by atomic mass is 35.5. The molecule has 0 aromatic rings. The number of rotatable bonds is 8. The minimum absolute atomic E-state index is 0.115. The minimum Gasteiger partial charge on any atom is -0.215 e. The van der Waals surface area contributed by atoms with Crippen LogP contribution in [0.15, 0.2) is 0 Å². The molecule has 1 N–H and O–H groups in total. The van der Waals surface area contributed by atoms with Crippen LogP contribution in [0, 0.1) is 5.92 Å². The summed E-state index contributed by atoms with van der Waals surface area (Å²) in [7, 11) is -3.01. The third kappa shape index (κ3) is 4.70. The molecule has 1 fully saturated rings. The highest BCUT2D eigenvalue weighted by Gasteiger charge is 2.35. The third-order valence-electron chi connectivity index (χ3n) is 2.75. The van der Waals surface area contributed by atoms with Crippen molar-refractivity contribution in [2.75, 3.05) is 12.4 Å². The van der Waals surface area contributed by atoms with E-state index in [-0.39, 0.29) is 5.25 Å². The Bertz CT molecular complexity index is 269. The highest BCUT2D eigenvalue weighted by Crippen LogP contribution is 2.27. The Kier molecular flexibility index (Phi) is 5.36. The largest absolute Gasteiger partial charge is 0.215 e. The van der Waals surface area contributed by atoms with E-state index in [9.17, 15) is 8.42 Å². The summed E-state index contributed by atoms with van der Waals surface area (Å²) in [6.07, 6.45) is 4.65. The lowest BCUT2D eigenvalue weighted by Gasteiger charge is -2.15. The zero-order valence-corrected chi connectivity index (χ0v) is 10.8. The zero-order valence-electron chi connectivity index (χ0n) is 9.21. The number of hydrogen-bond donors (Lipinski definition) is 1. The van der Waals surface area contributed by atoms with Gasteiger partial charge in [-0.1, -0.05) is 13.3 Å². The SMILES string of the molecule is CCCC(CCCl)CNS(=O)(=O)C1CC1. The van der Waals surface area contributed by atoms with E-state index in [2.05, 4.69) is 11.6 Å². The first-order valence-corrected chi connectivity index (χ1v) is 7.72. The summed E-state index contributed by atoms with van der Waals surface area (Å²) in [6.45, 7) is 2.66. The fourth-order valence-corrected chi connectivity index (χ4v) is 3.41. The van der Waals surface area contributed by atoms with Gasteiger partial charge in [0, 0.05) is 12.4 Å². The van der Waals surface area contributed by atoms with Gasteiger partial charge in [0.1, 0.15) is 0 Å². The number of sulfonamides is 1. The van der Waals surface area contributed by atoms with Gasteiger partial charge >= 0.3 is 0 Å². The van der Waals surface area contributed by atoms with Gasteiger partial charge in [0.15, 0.2) is 0 Å². The first-order valence-electron chi connectivity index (χ1n) is 5.64. The molecule has 0 aliphatic heterocycles. The summed E-state index contributed by atoms with van der Waals surface area (Å²) in [5, 5.41) is -0.115. The van der Waals surface area contributed by atoms with Crippen LogP contribution in [0.2, 0.25) is 0 Å². The second-order valence-corrected chi connectivity index (χ2v) is 6.65. The molecule has 1 rings (SSSR count). The Morgan fingerprint density at radius 2 is 2.07 bits per heavy atom. The average molecular weight is 254 g/mol. The Balaban J connectivity index is 2.31.